The molecule has 0 aliphatic carbocycles. The van der Waals surface area contributed by atoms with Gasteiger partial charge in [-0.15, -0.1) is 0 Å². The number of hydrogen-bond donors (Lipinski definition) is 1. The lowest BCUT2D eigenvalue weighted by Crippen LogP contribution is -2.14. The molecule has 96 valence electrons. The summed E-state index contributed by atoms with van der Waals surface area (Å²) in [5.74, 6) is 1.79. The summed E-state index contributed by atoms with van der Waals surface area (Å²) in [6, 6.07) is 2.02. The van der Waals surface area contributed by atoms with Crippen molar-refractivity contribution in [3.05, 3.63) is 17.6 Å². The van der Waals surface area contributed by atoms with Gasteiger partial charge in [-0.1, -0.05) is 13.8 Å². The van der Waals surface area contributed by atoms with Gasteiger partial charge in [-0.2, -0.15) is 0 Å². The summed E-state index contributed by atoms with van der Waals surface area (Å²) in [5, 5.41) is 3.31. The van der Waals surface area contributed by atoms with Crippen molar-refractivity contribution < 1.29 is 4.74 Å². The molecule has 1 rings (SSSR count). The van der Waals surface area contributed by atoms with Crippen LogP contribution in [0.15, 0.2) is 6.07 Å². The number of methoxy groups -OCH3 is 1. The molecule has 1 aromatic heterocycles. The Balaban J connectivity index is 2.80. The van der Waals surface area contributed by atoms with E-state index in [1.54, 1.807) is 7.11 Å². The van der Waals surface area contributed by atoms with E-state index in [1.807, 2.05) is 13.0 Å². The third-order valence-corrected chi connectivity index (χ3v) is 2.62. The Hall–Kier alpha value is -1.16. The van der Waals surface area contributed by atoms with E-state index in [2.05, 4.69) is 29.1 Å². The summed E-state index contributed by atoms with van der Waals surface area (Å²) < 4.78 is 5.25. The Bertz CT molecular complexity index is 341. The fourth-order valence-corrected chi connectivity index (χ4v) is 1.51. The Kier molecular flexibility index (Phi) is 5.91. The molecular weight excluding hydrogens is 214 g/mol. The van der Waals surface area contributed by atoms with Crippen molar-refractivity contribution in [2.75, 3.05) is 19.0 Å². The maximum atomic E-state index is 5.25. The van der Waals surface area contributed by atoms with Crippen molar-refractivity contribution in [2.45, 2.75) is 46.1 Å². The van der Waals surface area contributed by atoms with Gasteiger partial charge in [0.05, 0.1) is 6.10 Å². The van der Waals surface area contributed by atoms with Crippen LogP contribution in [0, 0.1) is 0 Å². The first-order chi connectivity index (χ1) is 8.19. The van der Waals surface area contributed by atoms with Crippen molar-refractivity contribution in [1.82, 2.24) is 9.97 Å². The van der Waals surface area contributed by atoms with E-state index in [1.165, 1.54) is 0 Å². The van der Waals surface area contributed by atoms with Gasteiger partial charge in [-0.05, 0) is 19.8 Å². The first kappa shape index (κ1) is 13.9. The van der Waals surface area contributed by atoms with E-state index in [4.69, 9.17) is 4.74 Å². The molecular formula is C13H23N3O. The van der Waals surface area contributed by atoms with Crippen molar-refractivity contribution in [3.63, 3.8) is 0 Å². The van der Waals surface area contributed by atoms with Gasteiger partial charge >= 0.3 is 0 Å². The summed E-state index contributed by atoms with van der Waals surface area (Å²) in [5.41, 5.74) is 1.08. The van der Waals surface area contributed by atoms with Crippen LogP contribution in [0.3, 0.4) is 0 Å². The maximum absolute atomic E-state index is 5.25. The van der Waals surface area contributed by atoms with Gasteiger partial charge in [0.15, 0.2) is 0 Å². The van der Waals surface area contributed by atoms with Gasteiger partial charge in [0.1, 0.15) is 11.6 Å². The van der Waals surface area contributed by atoms with Crippen molar-refractivity contribution in [2.24, 2.45) is 0 Å². The van der Waals surface area contributed by atoms with Crippen LogP contribution in [-0.2, 0) is 17.6 Å². The molecule has 0 fully saturated rings. The third kappa shape index (κ3) is 4.69. The van der Waals surface area contributed by atoms with E-state index >= 15 is 0 Å². The summed E-state index contributed by atoms with van der Waals surface area (Å²) in [6.07, 6.45) is 2.93. The number of aromatic nitrogens is 2. The standard InChI is InChI=1S/C13H23N3O/c1-5-7-14-12-9-11(6-2)15-13(16-12)8-10(3)17-4/h9-10H,5-8H2,1-4H3,(H,14,15,16). The average Bonchev–Trinajstić information content (AvgIpc) is 2.35. The van der Waals surface area contributed by atoms with Crippen molar-refractivity contribution >= 4 is 5.82 Å². The Morgan fingerprint density at radius 1 is 1.35 bits per heavy atom. The van der Waals surface area contributed by atoms with E-state index in [-0.39, 0.29) is 6.10 Å². The van der Waals surface area contributed by atoms with E-state index in [0.29, 0.717) is 0 Å². The van der Waals surface area contributed by atoms with Crippen LogP contribution >= 0.6 is 0 Å². The molecule has 4 nitrogen and oxygen atoms in total. The van der Waals surface area contributed by atoms with Gasteiger partial charge in [0, 0.05) is 31.8 Å². The highest BCUT2D eigenvalue weighted by atomic mass is 16.5. The Morgan fingerprint density at radius 3 is 2.71 bits per heavy atom. The third-order valence-electron chi connectivity index (χ3n) is 2.62. The molecule has 0 amide bonds. The van der Waals surface area contributed by atoms with Gasteiger partial charge in [0.25, 0.3) is 0 Å². The zero-order valence-electron chi connectivity index (χ0n) is 11.3. The molecule has 1 heterocycles. The fourth-order valence-electron chi connectivity index (χ4n) is 1.51. The molecule has 0 aromatic carbocycles. The lowest BCUT2D eigenvalue weighted by molar-refractivity contribution is 0.117. The largest absolute Gasteiger partial charge is 0.381 e. The quantitative estimate of drug-likeness (QED) is 0.791. The van der Waals surface area contributed by atoms with Crippen LogP contribution in [0.5, 0.6) is 0 Å². The van der Waals surface area contributed by atoms with Crippen LogP contribution in [0.1, 0.15) is 38.7 Å². The monoisotopic (exact) mass is 237 g/mol. The highest BCUT2D eigenvalue weighted by Gasteiger charge is 2.07. The number of nitrogens with one attached hydrogen (secondary N) is 1. The summed E-state index contributed by atoms with van der Waals surface area (Å²) in [4.78, 5) is 9.02. The zero-order valence-corrected chi connectivity index (χ0v) is 11.3. The van der Waals surface area contributed by atoms with Crippen LogP contribution in [0.2, 0.25) is 0 Å². The number of anilines is 1. The predicted molar refractivity (Wildman–Crippen MR) is 70.4 cm³/mol. The van der Waals surface area contributed by atoms with Crippen LogP contribution < -0.4 is 5.32 Å². The lowest BCUT2D eigenvalue weighted by Gasteiger charge is -2.11. The molecule has 1 aromatic rings. The van der Waals surface area contributed by atoms with Gasteiger partial charge in [-0.25, -0.2) is 9.97 Å². The number of rotatable bonds is 7. The molecule has 0 bridgehead atoms. The second kappa shape index (κ2) is 7.22. The molecule has 0 radical (unpaired) electrons. The summed E-state index contributed by atoms with van der Waals surface area (Å²) in [7, 11) is 1.71. The molecule has 0 saturated carbocycles. The summed E-state index contributed by atoms with van der Waals surface area (Å²) >= 11 is 0. The Labute approximate surface area is 104 Å². The average molecular weight is 237 g/mol. The lowest BCUT2D eigenvalue weighted by atomic mass is 10.2. The minimum Gasteiger partial charge on any atom is -0.381 e. The molecule has 0 spiro atoms. The molecule has 0 aliphatic heterocycles. The molecule has 1 atom stereocenters. The first-order valence-electron chi connectivity index (χ1n) is 6.33. The van der Waals surface area contributed by atoms with Gasteiger partial charge in [0.2, 0.25) is 0 Å². The maximum Gasteiger partial charge on any atom is 0.133 e. The molecule has 17 heavy (non-hydrogen) atoms. The first-order valence-corrected chi connectivity index (χ1v) is 6.33. The van der Waals surface area contributed by atoms with Gasteiger partial charge < -0.3 is 10.1 Å². The van der Waals surface area contributed by atoms with Crippen LogP contribution in [-0.4, -0.2) is 29.7 Å². The topological polar surface area (TPSA) is 47.0 Å². The minimum absolute atomic E-state index is 0.154. The minimum atomic E-state index is 0.154. The fraction of sp³-hybridized carbons (Fsp3) is 0.692. The van der Waals surface area contributed by atoms with Crippen molar-refractivity contribution in [1.29, 1.82) is 0 Å². The number of nitrogens with zero attached hydrogens (tertiary/aromatic N) is 2. The van der Waals surface area contributed by atoms with E-state index in [0.717, 1.165) is 43.1 Å². The van der Waals surface area contributed by atoms with Gasteiger partial charge in [-0.3, -0.25) is 0 Å². The SMILES string of the molecule is CCCNc1cc(CC)nc(CC(C)OC)n1. The molecule has 0 aliphatic rings. The normalized spacial score (nSPS) is 12.5. The molecule has 1 unspecified atom stereocenters. The zero-order chi connectivity index (χ0) is 12.7. The highest BCUT2D eigenvalue weighted by molar-refractivity contribution is 5.36. The van der Waals surface area contributed by atoms with E-state index < -0.39 is 0 Å². The van der Waals surface area contributed by atoms with Crippen LogP contribution in [0.25, 0.3) is 0 Å². The number of aryl methyl sites for hydroxylation is 1. The second-order valence-corrected chi connectivity index (χ2v) is 4.19. The molecule has 1 N–H and O–H groups in total. The van der Waals surface area contributed by atoms with Crippen molar-refractivity contribution in [3.8, 4) is 0 Å². The van der Waals surface area contributed by atoms with Crippen LogP contribution in [0.4, 0.5) is 5.82 Å². The molecule has 4 heteroatoms. The Morgan fingerprint density at radius 2 is 2.12 bits per heavy atom. The highest BCUT2D eigenvalue weighted by Crippen LogP contribution is 2.10. The molecule has 0 saturated heterocycles. The number of hydrogen-bond acceptors (Lipinski definition) is 4. The smallest absolute Gasteiger partial charge is 0.133 e. The second-order valence-electron chi connectivity index (χ2n) is 4.19. The summed E-state index contributed by atoms with van der Waals surface area (Å²) in [6.45, 7) is 7.22. The predicted octanol–water partition coefficient (Wildman–Crippen LogP) is 2.44. The van der Waals surface area contributed by atoms with E-state index in [9.17, 15) is 0 Å². The number of ether oxygens (including phenoxy) is 1.